The number of para-hydroxylation sites is 1. The van der Waals surface area contributed by atoms with Gasteiger partial charge in [0.2, 0.25) is 0 Å². The molecule has 2 rings (SSSR count). The van der Waals surface area contributed by atoms with Crippen LogP contribution in [0.15, 0.2) is 24.3 Å². The Labute approximate surface area is 96.8 Å². The Kier molecular flexibility index (Phi) is 2.74. The lowest BCUT2D eigenvalue weighted by atomic mass is 10.1. The van der Waals surface area contributed by atoms with Crippen LogP contribution >= 0.6 is 0 Å². The number of carboxylic acid groups (broad SMARTS) is 1. The van der Waals surface area contributed by atoms with E-state index in [9.17, 15) is 14.4 Å². The van der Waals surface area contributed by atoms with E-state index in [-0.39, 0.29) is 6.42 Å². The molecule has 1 amide bonds. The first-order chi connectivity index (χ1) is 8.09. The van der Waals surface area contributed by atoms with Crippen molar-refractivity contribution in [1.29, 1.82) is 0 Å². The molecule has 1 aliphatic rings. The minimum absolute atomic E-state index is 0.106. The number of hydrogen-bond donors (Lipinski definition) is 2. The van der Waals surface area contributed by atoms with Gasteiger partial charge in [0.05, 0.1) is 17.7 Å². The lowest BCUT2D eigenvalue weighted by Crippen LogP contribution is -2.12. The van der Waals surface area contributed by atoms with Gasteiger partial charge in [-0.25, -0.2) is 0 Å². The quantitative estimate of drug-likeness (QED) is 0.768. The van der Waals surface area contributed by atoms with E-state index in [1.807, 2.05) is 0 Å². The zero-order chi connectivity index (χ0) is 12.4. The Morgan fingerprint density at radius 2 is 2.12 bits per heavy atom. The minimum Gasteiger partial charge on any atom is -0.481 e. The van der Waals surface area contributed by atoms with Gasteiger partial charge in [-0.3, -0.25) is 14.4 Å². The Morgan fingerprint density at radius 3 is 2.82 bits per heavy atom. The molecule has 0 bridgehead atoms. The maximum atomic E-state index is 11.4. The fourth-order valence-corrected chi connectivity index (χ4v) is 1.62. The predicted octanol–water partition coefficient (Wildman–Crippen LogP) is 1.31. The van der Waals surface area contributed by atoms with Gasteiger partial charge in [0.15, 0.2) is 0 Å². The number of carbonyl (C=O) groups excluding carboxylic acids is 2. The molecule has 0 spiro atoms. The number of fused-ring (bicyclic) bond motifs is 1. The summed E-state index contributed by atoms with van der Waals surface area (Å²) in [5, 5.41) is 11.0. The van der Waals surface area contributed by atoms with E-state index in [1.165, 1.54) is 6.08 Å². The van der Waals surface area contributed by atoms with Crippen molar-refractivity contribution in [3.63, 3.8) is 0 Å². The number of rotatable bonds is 3. The molecule has 0 atom stereocenters. The maximum Gasteiger partial charge on any atom is 0.307 e. The van der Waals surface area contributed by atoms with Gasteiger partial charge < -0.3 is 10.4 Å². The lowest BCUT2D eigenvalue weighted by molar-refractivity contribution is -0.136. The van der Waals surface area contributed by atoms with E-state index in [2.05, 4.69) is 5.32 Å². The first-order valence-corrected chi connectivity index (χ1v) is 4.96. The number of anilines is 1. The number of carbonyl (C=O) groups is 3. The zero-order valence-electron chi connectivity index (χ0n) is 8.77. The molecule has 86 valence electrons. The second-order valence-corrected chi connectivity index (χ2v) is 3.55. The van der Waals surface area contributed by atoms with Crippen LogP contribution in [0.5, 0.6) is 0 Å². The summed E-state index contributed by atoms with van der Waals surface area (Å²) in [7, 11) is 0. The fraction of sp³-hybridized carbons (Fsp3) is 0.0833. The van der Waals surface area contributed by atoms with Crippen molar-refractivity contribution in [1.82, 2.24) is 0 Å². The molecule has 1 aliphatic heterocycles. The van der Waals surface area contributed by atoms with E-state index in [4.69, 9.17) is 5.11 Å². The highest BCUT2D eigenvalue weighted by Crippen LogP contribution is 2.27. The molecule has 1 heterocycles. The molecule has 0 fully saturated rings. The molecule has 0 saturated carbocycles. The third-order valence-corrected chi connectivity index (χ3v) is 2.38. The van der Waals surface area contributed by atoms with Crippen LogP contribution in [0.3, 0.4) is 0 Å². The van der Waals surface area contributed by atoms with Gasteiger partial charge in [0.25, 0.3) is 11.7 Å². The lowest BCUT2D eigenvalue weighted by Gasteiger charge is -2.01. The van der Waals surface area contributed by atoms with Crippen LogP contribution in [0.2, 0.25) is 0 Å². The average molecular weight is 231 g/mol. The van der Waals surface area contributed by atoms with Crippen LogP contribution in [0.4, 0.5) is 5.69 Å². The summed E-state index contributed by atoms with van der Waals surface area (Å²) in [6.07, 6.45) is 2.93. The van der Waals surface area contributed by atoms with Gasteiger partial charge >= 0.3 is 5.97 Å². The van der Waals surface area contributed by atoms with Crippen molar-refractivity contribution in [3.05, 3.63) is 35.4 Å². The second-order valence-electron chi connectivity index (χ2n) is 3.55. The van der Waals surface area contributed by atoms with Gasteiger partial charge in [0.1, 0.15) is 0 Å². The maximum absolute atomic E-state index is 11.4. The van der Waals surface area contributed by atoms with Crippen molar-refractivity contribution in [3.8, 4) is 0 Å². The Balaban J connectivity index is 2.33. The van der Waals surface area contributed by atoms with Gasteiger partial charge in [0, 0.05) is 0 Å². The first kappa shape index (κ1) is 11.1. The van der Waals surface area contributed by atoms with Crippen molar-refractivity contribution < 1.29 is 19.5 Å². The Morgan fingerprint density at radius 1 is 1.35 bits per heavy atom. The normalized spacial score (nSPS) is 13.9. The number of ketones is 1. The SMILES string of the molecule is O=C(O)CC=Cc1cccc2c1NC(=O)C2=O. The summed E-state index contributed by atoms with van der Waals surface area (Å²) < 4.78 is 0. The second kappa shape index (κ2) is 4.21. The highest BCUT2D eigenvalue weighted by Gasteiger charge is 2.28. The molecule has 1 aromatic rings. The zero-order valence-corrected chi connectivity index (χ0v) is 8.77. The largest absolute Gasteiger partial charge is 0.481 e. The van der Waals surface area contributed by atoms with Crippen molar-refractivity contribution >= 4 is 29.4 Å². The van der Waals surface area contributed by atoms with Crippen molar-refractivity contribution in [2.24, 2.45) is 0 Å². The molecule has 0 saturated heterocycles. The average Bonchev–Trinajstić information content (AvgIpc) is 2.56. The summed E-state index contributed by atoms with van der Waals surface area (Å²) in [5.41, 5.74) is 1.40. The molecule has 2 N–H and O–H groups in total. The number of amides is 1. The molecule has 5 heteroatoms. The molecule has 0 aromatic heterocycles. The third-order valence-electron chi connectivity index (χ3n) is 2.38. The van der Waals surface area contributed by atoms with E-state index in [0.717, 1.165) is 0 Å². The number of aliphatic carboxylic acids is 1. The van der Waals surface area contributed by atoms with Gasteiger partial charge in [-0.2, -0.15) is 0 Å². The van der Waals surface area contributed by atoms with Gasteiger partial charge in [-0.15, -0.1) is 0 Å². The molecule has 5 nitrogen and oxygen atoms in total. The monoisotopic (exact) mass is 231 g/mol. The van der Waals surface area contributed by atoms with E-state index < -0.39 is 17.7 Å². The summed E-state index contributed by atoms with van der Waals surface area (Å²) in [6.45, 7) is 0. The van der Waals surface area contributed by atoms with E-state index in [1.54, 1.807) is 24.3 Å². The molecular formula is C12H9NO4. The van der Waals surface area contributed by atoms with Crippen LogP contribution in [0.1, 0.15) is 22.3 Å². The third kappa shape index (κ3) is 2.08. The minimum atomic E-state index is -0.936. The molecule has 0 aliphatic carbocycles. The number of Topliss-reactive ketones (excluding diaryl/α,β-unsaturated/α-hetero) is 1. The summed E-state index contributed by atoms with van der Waals surface area (Å²) in [4.78, 5) is 32.9. The number of nitrogens with one attached hydrogen (secondary N) is 1. The van der Waals surface area contributed by atoms with E-state index >= 15 is 0 Å². The molecule has 17 heavy (non-hydrogen) atoms. The summed E-state index contributed by atoms with van der Waals surface area (Å²) in [6, 6.07) is 4.91. The highest BCUT2D eigenvalue weighted by molar-refractivity contribution is 6.52. The smallest absolute Gasteiger partial charge is 0.307 e. The standard InChI is InChI=1S/C12H9NO4/c14-9(15)6-2-4-7-3-1-5-8-10(7)13-12(17)11(8)16/h1-5H,6H2,(H,14,15)(H,13,16,17). The van der Waals surface area contributed by atoms with Crippen molar-refractivity contribution in [2.75, 3.05) is 5.32 Å². The van der Waals surface area contributed by atoms with Crippen LogP contribution < -0.4 is 5.32 Å². The summed E-state index contributed by atoms with van der Waals surface area (Å²) in [5.74, 6) is -2.15. The fourth-order valence-electron chi connectivity index (χ4n) is 1.62. The molecule has 0 unspecified atom stereocenters. The Hall–Kier alpha value is -2.43. The topological polar surface area (TPSA) is 83.5 Å². The van der Waals surface area contributed by atoms with Gasteiger partial charge in [-0.05, 0) is 11.6 Å². The van der Waals surface area contributed by atoms with E-state index in [0.29, 0.717) is 16.8 Å². The molecular weight excluding hydrogens is 222 g/mol. The molecule has 1 aromatic carbocycles. The van der Waals surface area contributed by atoms with Crippen LogP contribution in [0.25, 0.3) is 6.08 Å². The van der Waals surface area contributed by atoms with Crippen LogP contribution in [-0.2, 0) is 9.59 Å². The molecule has 0 radical (unpaired) electrons. The van der Waals surface area contributed by atoms with Crippen LogP contribution in [-0.4, -0.2) is 22.8 Å². The van der Waals surface area contributed by atoms with Gasteiger partial charge in [-0.1, -0.05) is 24.3 Å². The number of hydrogen-bond acceptors (Lipinski definition) is 3. The first-order valence-electron chi connectivity index (χ1n) is 4.96. The van der Waals surface area contributed by atoms with Crippen LogP contribution in [0, 0.1) is 0 Å². The highest BCUT2D eigenvalue weighted by atomic mass is 16.4. The number of carboxylic acids is 1. The number of benzene rings is 1. The van der Waals surface area contributed by atoms with Crippen molar-refractivity contribution in [2.45, 2.75) is 6.42 Å². The summed E-state index contributed by atoms with van der Waals surface area (Å²) >= 11 is 0. The predicted molar refractivity (Wildman–Crippen MR) is 60.7 cm³/mol. The Bertz CT molecular complexity index is 545.